The lowest BCUT2D eigenvalue weighted by atomic mass is 10.1. The molecule has 1 aliphatic heterocycles. The number of ether oxygens (including phenoxy) is 3. The van der Waals surface area contributed by atoms with Gasteiger partial charge in [0.1, 0.15) is 13.2 Å². The Balaban J connectivity index is 1.67. The van der Waals surface area contributed by atoms with E-state index in [1.165, 1.54) is 6.08 Å². The fourth-order valence-electron chi connectivity index (χ4n) is 3.08. The van der Waals surface area contributed by atoms with Gasteiger partial charge in [0.25, 0.3) is 5.91 Å². The largest absolute Gasteiger partial charge is 0.493 e. The van der Waals surface area contributed by atoms with E-state index in [0.717, 1.165) is 11.1 Å². The van der Waals surface area contributed by atoms with Crippen LogP contribution >= 0.6 is 0 Å². The Morgan fingerprint density at radius 1 is 1.16 bits per heavy atom. The smallest absolute Gasteiger partial charge is 0.251 e. The van der Waals surface area contributed by atoms with E-state index < -0.39 is 0 Å². The van der Waals surface area contributed by atoms with Gasteiger partial charge in [0.2, 0.25) is 11.7 Å². The number of hydrogen-bond donors (Lipinski definition) is 2. The molecule has 7 heteroatoms. The van der Waals surface area contributed by atoms with Crippen LogP contribution in [0.4, 0.5) is 5.69 Å². The molecule has 0 aliphatic carbocycles. The molecule has 0 fully saturated rings. The fourth-order valence-corrected chi connectivity index (χ4v) is 3.08. The molecule has 0 saturated heterocycles. The maximum Gasteiger partial charge on any atom is 0.251 e. The van der Waals surface area contributed by atoms with Gasteiger partial charge in [0, 0.05) is 23.9 Å². The summed E-state index contributed by atoms with van der Waals surface area (Å²) in [5, 5.41) is 5.73. The first-order valence-electron chi connectivity index (χ1n) is 10.2. The summed E-state index contributed by atoms with van der Waals surface area (Å²) in [4.78, 5) is 24.6. The maximum atomic E-state index is 12.4. The van der Waals surface area contributed by atoms with Crippen molar-refractivity contribution in [3.63, 3.8) is 0 Å². The zero-order valence-electron chi connectivity index (χ0n) is 18.3. The number of rotatable bonds is 7. The third kappa shape index (κ3) is 5.78. The first-order valence-corrected chi connectivity index (χ1v) is 10.2. The van der Waals surface area contributed by atoms with E-state index >= 15 is 0 Å². The Hall–Kier alpha value is -3.48. The van der Waals surface area contributed by atoms with E-state index in [2.05, 4.69) is 10.6 Å². The van der Waals surface area contributed by atoms with E-state index in [1.54, 1.807) is 43.5 Å². The highest BCUT2D eigenvalue weighted by Crippen LogP contribution is 2.40. The number of methoxy groups -OCH3 is 1. The Kier molecular flexibility index (Phi) is 7.18. The van der Waals surface area contributed by atoms with Crippen molar-refractivity contribution in [3.8, 4) is 17.2 Å². The lowest BCUT2D eigenvalue weighted by molar-refractivity contribution is -0.111. The highest BCUT2D eigenvalue weighted by atomic mass is 16.6. The van der Waals surface area contributed by atoms with E-state index in [-0.39, 0.29) is 11.8 Å². The molecule has 31 heavy (non-hydrogen) atoms. The first-order chi connectivity index (χ1) is 14.9. The molecule has 2 amide bonds. The van der Waals surface area contributed by atoms with Crippen molar-refractivity contribution in [2.75, 3.05) is 32.2 Å². The van der Waals surface area contributed by atoms with Crippen LogP contribution in [0.3, 0.4) is 0 Å². The summed E-state index contributed by atoms with van der Waals surface area (Å²) in [7, 11) is 1.56. The molecular weight excluding hydrogens is 396 g/mol. The highest BCUT2D eigenvalue weighted by Gasteiger charge is 2.18. The van der Waals surface area contributed by atoms with Crippen LogP contribution < -0.4 is 24.8 Å². The zero-order valence-corrected chi connectivity index (χ0v) is 18.3. The average Bonchev–Trinajstić information content (AvgIpc) is 2.76. The molecule has 164 valence electrons. The van der Waals surface area contributed by atoms with Crippen LogP contribution in [0, 0.1) is 12.8 Å². The third-order valence-corrected chi connectivity index (χ3v) is 4.69. The number of amides is 2. The minimum Gasteiger partial charge on any atom is -0.493 e. The number of nitrogens with one attached hydrogen (secondary N) is 2. The Morgan fingerprint density at radius 3 is 2.65 bits per heavy atom. The molecule has 2 aromatic rings. The van der Waals surface area contributed by atoms with Crippen molar-refractivity contribution in [2.24, 2.45) is 5.92 Å². The Morgan fingerprint density at radius 2 is 1.94 bits per heavy atom. The van der Waals surface area contributed by atoms with Crippen molar-refractivity contribution in [1.82, 2.24) is 5.32 Å². The second-order valence-electron chi connectivity index (χ2n) is 7.70. The summed E-state index contributed by atoms with van der Waals surface area (Å²) < 4.78 is 16.6. The minimum atomic E-state index is -0.283. The van der Waals surface area contributed by atoms with Crippen molar-refractivity contribution in [2.45, 2.75) is 20.8 Å². The number of aryl methyl sites for hydroxylation is 1. The minimum absolute atomic E-state index is 0.123. The molecule has 1 heterocycles. The van der Waals surface area contributed by atoms with E-state index in [4.69, 9.17) is 14.2 Å². The van der Waals surface area contributed by atoms with Gasteiger partial charge in [-0.1, -0.05) is 13.8 Å². The van der Waals surface area contributed by atoms with Crippen molar-refractivity contribution < 1.29 is 23.8 Å². The number of hydrogen-bond acceptors (Lipinski definition) is 5. The topological polar surface area (TPSA) is 85.9 Å². The summed E-state index contributed by atoms with van der Waals surface area (Å²) in [6.45, 7) is 7.49. The van der Waals surface area contributed by atoms with Gasteiger partial charge in [-0.25, -0.2) is 0 Å². The molecule has 0 unspecified atom stereocenters. The lowest BCUT2D eigenvalue weighted by Gasteiger charge is -2.20. The van der Waals surface area contributed by atoms with Gasteiger partial charge < -0.3 is 24.8 Å². The normalized spacial score (nSPS) is 12.7. The molecule has 2 aromatic carbocycles. The summed E-state index contributed by atoms with van der Waals surface area (Å²) in [5.41, 5.74) is 2.77. The van der Waals surface area contributed by atoms with Crippen LogP contribution in [0.25, 0.3) is 6.08 Å². The molecule has 3 rings (SSSR count). The van der Waals surface area contributed by atoms with E-state index in [1.807, 2.05) is 20.8 Å². The molecule has 0 radical (unpaired) electrons. The van der Waals surface area contributed by atoms with Gasteiger partial charge in [0.15, 0.2) is 11.5 Å². The quantitative estimate of drug-likeness (QED) is 0.660. The molecule has 0 saturated carbocycles. The maximum absolute atomic E-state index is 12.4. The molecule has 1 aliphatic rings. The second kappa shape index (κ2) is 10.0. The van der Waals surface area contributed by atoms with Crippen LogP contribution in [0.2, 0.25) is 0 Å². The zero-order chi connectivity index (χ0) is 22.4. The van der Waals surface area contributed by atoms with Gasteiger partial charge in [-0.05, 0) is 60.4 Å². The van der Waals surface area contributed by atoms with Gasteiger partial charge in [-0.15, -0.1) is 0 Å². The van der Waals surface area contributed by atoms with Crippen LogP contribution in [0.15, 0.2) is 36.4 Å². The van der Waals surface area contributed by atoms with Gasteiger partial charge in [0.05, 0.1) is 7.11 Å². The van der Waals surface area contributed by atoms with E-state index in [0.29, 0.717) is 54.2 Å². The number of anilines is 1. The number of carbonyl (C=O) groups excluding carboxylic acids is 2. The highest BCUT2D eigenvalue weighted by molar-refractivity contribution is 6.03. The first kappa shape index (κ1) is 22.2. The number of carbonyl (C=O) groups is 2. The van der Waals surface area contributed by atoms with Crippen molar-refractivity contribution in [1.29, 1.82) is 0 Å². The number of benzene rings is 2. The molecule has 0 spiro atoms. The molecule has 7 nitrogen and oxygen atoms in total. The van der Waals surface area contributed by atoms with Crippen LogP contribution in [0.5, 0.6) is 17.2 Å². The van der Waals surface area contributed by atoms with E-state index in [9.17, 15) is 9.59 Å². The van der Waals surface area contributed by atoms with Crippen LogP contribution in [-0.4, -0.2) is 38.7 Å². The summed E-state index contributed by atoms with van der Waals surface area (Å²) >= 11 is 0. The fraction of sp³-hybridized carbons (Fsp3) is 0.333. The van der Waals surface area contributed by atoms with Crippen LogP contribution in [0.1, 0.15) is 35.3 Å². The van der Waals surface area contributed by atoms with Gasteiger partial charge in [-0.2, -0.15) is 0 Å². The van der Waals surface area contributed by atoms with Crippen molar-refractivity contribution in [3.05, 3.63) is 53.1 Å². The SMILES string of the molecule is COc1cc(/C=C/C(=O)Nc2ccc(C(=O)NCC(C)C)cc2C)cc2c1OCCO2. The molecule has 0 aromatic heterocycles. The molecule has 2 N–H and O–H groups in total. The predicted octanol–water partition coefficient (Wildman–Crippen LogP) is 3.81. The summed E-state index contributed by atoms with van der Waals surface area (Å²) in [6.07, 6.45) is 3.12. The summed E-state index contributed by atoms with van der Waals surface area (Å²) in [6, 6.07) is 8.79. The van der Waals surface area contributed by atoms with Gasteiger partial charge >= 0.3 is 0 Å². The predicted molar refractivity (Wildman–Crippen MR) is 120 cm³/mol. The molecule has 0 bridgehead atoms. The second-order valence-corrected chi connectivity index (χ2v) is 7.70. The monoisotopic (exact) mass is 424 g/mol. The third-order valence-electron chi connectivity index (χ3n) is 4.69. The summed E-state index contributed by atoms with van der Waals surface area (Å²) in [5.74, 6) is 1.69. The number of fused-ring (bicyclic) bond motifs is 1. The van der Waals surface area contributed by atoms with Crippen molar-refractivity contribution >= 4 is 23.6 Å². The Labute approximate surface area is 182 Å². The molecule has 0 atom stereocenters. The van der Waals surface area contributed by atoms with Gasteiger partial charge in [-0.3, -0.25) is 9.59 Å². The lowest BCUT2D eigenvalue weighted by Crippen LogP contribution is -2.27. The molecular formula is C24H28N2O5. The average molecular weight is 424 g/mol. The Bertz CT molecular complexity index is 980. The standard InChI is InChI=1S/C24H28N2O5/c1-15(2)14-25-24(28)18-6-7-19(16(3)11-18)26-22(27)8-5-17-12-20(29-4)23-21(13-17)30-9-10-31-23/h5-8,11-13,15H,9-10,14H2,1-4H3,(H,25,28)(H,26,27)/b8-5+. The van der Waals surface area contributed by atoms with Crippen LogP contribution in [-0.2, 0) is 4.79 Å².